The van der Waals surface area contributed by atoms with Crippen LogP contribution in [0.1, 0.15) is 13.3 Å². The fourth-order valence-electron chi connectivity index (χ4n) is 2.62. The molecule has 0 saturated carbocycles. The van der Waals surface area contributed by atoms with Crippen molar-refractivity contribution in [2.75, 3.05) is 25.5 Å². The van der Waals surface area contributed by atoms with Gasteiger partial charge in [-0.15, -0.1) is 0 Å². The number of piperidine rings is 1. The Kier molecular flexibility index (Phi) is 5.28. The van der Waals surface area contributed by atoms with Crippen molar-refractivity contribution in [2.24, 2.45) is 11.8 Å². The number of anilines is 1. The molecule has 1 heterocycles. The van der Waals surface area contributed by atoms with Crippen LogP contribution in [0.5, 0.6) is 5.75 Å². The van der Waals surface area contributed by atoms with Crippen LogP contribution in [-0.2, 0) is 4.79 Å². The maximum absolute atomic E-state index is 12.4. The Bertz CT molecular complexity index is 579. The largest absolute Gasteiger partial charge is 0.497 e. The van der Waals surface area contributed by atoms with Crippen molar-refractivity contribution >= 4 is 33.6 Å². The Morgan fingerprint density at radius 2 is 2.14 bits per heavy atom. The van der Waals surface area contributed by atoms with Gasteiger partial charge in [0, 0.05) is 23.6 Å². The summed E-state index contributed by atoms with van der Waals surface area (Å²) in [5, 5.41) is 12.0. The molecule has 1 fully saturated rings. The molecule has 120 valence electrons. The van der Waals surface area contributed by atoms with Crippen LogP contribution < -0.4 is 10.1 Å². The quantitative estimate of drug-likeness (QED) is 0.856. The van der Waals surface area contributed by atoms with Crippen molar-refractivity contribution in [3.8, 4) is 5.75 Å². The molecule has 1 aliphatic heterocycles. The minimum atomic E-state index is -0.855. The molecule has 2 N–H and O–H groups in total. The Balaban J connectivity index is 2.09. The third-order valence-corrected chi connectivity index (χ3v) is 4.40. The van der Waals surface area contributed by atoms with Crippen molar-refractivity contribution < 1.29 is 19.4 Å². The normalized spacial score (nSPS) is 21.3. The number of rotatable bonds is 3. The van der Waals surface area contributed by atoms with Gasteiger partial charge in [0.15, 0.2) is 0 Å². The number of carbonyl (C=O) groups is 2. The predicted octanol–water partition coefficient (Wildman–Crippen LogP) is 3.03. The van der Waals surface area contributed by atoms with Gasteiger partial charge in [-0.25, -0.2) is 4.79 Å². The zero-order valence-electron chi connectivity index (χ0n) is 12.5. The monoisotopic (exact) mass is 370 g/mol. The smallest absolute Gasteiger partial charge is 0.321 e. The van der Waals surface area contributed by atoms with Gasteiger partial charge >= 0.3 is 12.0 Å². The summed E-state index contributed by atoms with van der Waals surface area (Å²) in [5.74, 6) is -0.571. The Labute approximate surface area is 137 Å². The fourth-order valence-corrected chi connectivity index (χ4v) is 2.96. The van der Waals surface area contributed by atoms with Crippen molar-refractivity contribution in [2.45, 2.75) is 13.3 Å². The number of carbonyl (C=O) groups excluding carboxylic acids is 1. The van der Waals surface area contributed by atoms with Gasteiger partial charge in [0.05, 0.1) is 18.7 Å². The lowest BCUT2D eigenvalue weighted by Crippen LogP contribution is -2.47. The Hall–Kier alpha value is -1.76. The number of hydrogen-bond donors (Lipinski definition) is 2. The molecule has 0 bridgehead atoms. The zero-order valence-corrected chi connectivity index (χ0v) is 14.1. The fraction of sp³-hybridized carbons (Fsp3) is 0.467. The summed E-state index contributed by atoms with van der Waals surface area (Å²) < 4.78 is 5.88. The van der Waals surface area contributed by atoms with Gasteiger partial charge in [-0.1, -0.05) is 6.92 Å². The standard InChI is InChI=1S/C15H19BrN2O4/c1-9-5-10(14(19)20)8-18(7-9)15(21)17-13-6-11(22-2)3-4-12(13)16/h3-4,6,9-10H,5,7-8H2,1-2H3,(H,17,21)(H,19,20). The number of hydrogen-bond acceptors (Lipinski definition) is 3. The van der Waals surface area contributed by atoms with Crippen LogP contribution in [0, 0.1) is 11.8 Å². The van der Waals surface area contributed by atoms with Crippen LogP contribution >= 0.6 is 15.9 Å². The highest BCUT2D eigenvalue weighted by Crippen LogP contribution is 2.28. The van der Waals surface area contributed by atoms with Crippen molar-refractivity contribution in [3.63, 3.8) is 0 Å². The third-order valence-electron chi connectivity index (χ3n) is 3.71. The van der Waals surface area contributed by atoms with E-state index in [0.29, 0.717) is 24.4 Å². The van der Waals surface area contributed by atoms with E-state index in [4.69, 9.17) is 4.74 Å². The van der Waals surface area contributed by atoms with E-state index in [0.717, 1.165) is 4.47 Å². The number of amides is 2. The molecule has 6 nitrogen and oxygen atoms in total. The summed E-state index contributed by atoms with van der Waals surface area (Å²) in [6.45, 7) is 2.74. The van der Waals surface area contributed by atoms with Crippen LogP contribution in [0.4, 0.5) is 10.5 Å². The van der Waals surface area contributed by atoms with Gasteiger partial charge < -0.3 is 20.1 Å². The lowest BCUT2D eigenvalue weighted by atomic mass is 9.91. The molecule has 2 unspecified atom stereocenters. The van der Waals surface area contributed by atoms with Gasteiger partial charge in [-0.05, 0) is 40.4 Å². The first-order chi connectivity index (χ1) is 10.4. The van der Waals surface area contributed by atoms with Crippen molar-refractivity contribution in [1.29, 1.82) is 0 Å². The molecule has 22 heavy (non-hydrogen) atoms. The molecule has 1 aromatic carbocycles. The second kappa shape index (κ2) is 7.00. The number of nitrogens with zero attached hydrogens (tertiary/aromatic N) is 1. The van der Waals surface area contributed by atoms with Gasteiger partial charge in [0.25, 0.3) is 0 Å². The number of carboxylic acid groups (broad SMARTS) is 1. The number of nitrogens with one attached hydrogen (secondary N) is 1. The number of likely N-dealkylation sites (tertiary alicyclic amines) is 1. The minimum absolute atomic E-state index is 0.161. The molecule has 2 atom stereocenters. The predicted molar refractivity (Wildman–Crippen MR) is 86.2 cm³/mol. The third kappa shape index (κ3) is 3.91. The second-order valence-electron chi connectivity index (χ2n) is 5.56. The summed E-state index contributed by atoms with van der Waals surface area (Å²) in [6.07, 6.45) is 0.599. The van der Waals surface area contributed by atoms with Crippen molar-refractivity contribution in [1.82, 2.24) is 4.90 Å². The van der Waals surface area contributed by atoms with Gasteiger partial charge in [0.1, 0.15) is 5.75 Å². The maximum Gasteiger partial charge on any atom is 0.321 e. The molecule has 0 aliphatic carbocycles. The molecule has 2 rings (SSSR count). The Morgan fingerprint density at radius 1 is 1.41 bits per heavy atom. The van der Waals surface area contributed by atoms with E-state index in [1.54, 1.807) is 30.2 Å². The number of carboxylic acids is 1. The SMILES string of the molecule is COc1ccc(Br)c(NC(=O)N2CC(C)CC(C(=O)O)C2)c1. The molecule has 2 amide bonds. The molecule has 1 aromatic rings. The lowest BCUT2D eigenvalue weighted by Gasteiger charge is -2.34. The van der Waals surface area contributed by atoms with Gasteiger partial charge in [-0.3, -0.25) is 4.79 Å². The lowest BCUT2D eigenvalue weighted by molar-refractivity contribution is -0.143. The molecule has 0 spiro atoms. The van der Waals surface area contributed by atoms with Crippen LogP contribution in [0.3, 0.4) is 0 Å². The van der Waals surface area contributed by atoms with E-state index in [9.17, 15) is 14.7 Å². The van der Waals surface area contributed by atoms with E-state index in [2.05, 4.69) is 21.2 Å². The number of aliphatic carboxylic acids is 1. The minimum Gasteiger partial charge on any atom is -0.497 e. The topological polar surface area (TPSA) is 78.9 Å². The number of halogens is 1. The summed E-state index contributed by atoms with van der Waals surface area (Å²) in [5.41, 5.74) is 0.592. The number of ether oxygens (including phenoxy) is 1. The molecule has 0 radical (unpaired) electrons. The highest BCUT2D eigenvalue weighted by atomic mass is 79.9. The van der Waals surface area contributed by atoms with Crippen LogP contribution in [0.25, 0.3) is 0 Å². The molecular weight excluding hydrogens is 352 g/mol. The average molecular weight is 371 g/mol. The number of urea groups is 1. The summed E-state index contributed by atoms with van der Waals surface area (Å²) >= 11 is 3.38. The van der Waals surface area contributed by atoms with E-state index in [1.165, 1.54) is 0 Å². The molecule has 1 saturated heterocycles. The first-order valence-electron chi connectivity index (χ1n) is 7.03. The summed E-state index contributed by atoms with van der Waals surface area (Å²) in [6, 6.07) is 4.98. The maximum atomic E-state index is 12.4. The summed E-state index contributed by atoms with van der Waals surface area (Å²) in [7, 11) is 1.55. The molecular formula is C15H19BrN2O4. The van der Waals surface area contributed by atoms with E-state index in [1.807, 2.05) is 6.92 Å². The van der Waals surface area contributed by atoms with Crippen LogP contribution in [0.15, 0.2) is 22.7 Å². The number of methoxy groups -OCH3 is 1. The second-order valence-corrected chi connectivity index (χ2v) is 6.41. The first-order valence-corrected chi connectivity index (χ1v) is 7.82. The molecule has 1 aliphatic rings. The zero-order chi connectivity index (χ0) is 16.3. The molecule has 7 heteroatoms. The van der Waals surface area contributed by atoms with Gasteiger partial charge in [-0.2, -0.15) is 0 Å². The first kappa shape index (κ1) is 16.6. The highest BCUT2D eigenvalue weighted by Gasteiger charge is 2.32. The highest BCUT2D eigenvalue weighted by molar-refractivity contribution is 9.10. The average Bonchev–Trinajstić information content (AvgIpc) is 2.48. The van der Waals surface area contributed by atoms with E-state index >= 15 is 0 Å². The number of benzene rings is 1. The van der Waals surface area contributed by atoms with Crippen molar-refractivity contribution in [3.05, 3.63) is 22.7 Å². The Morgan fingerprint density at radius 3 is 2.77 bits per heavy atom. The molecule has 0 aromatic heterocycles. The summed E-state index contributed by atoms with van der Waals surface area (Å²) in [4.78, 5) is 25.1. The van der Waals surface area contributed by atoms with Crippen LogP contribution in [0.2, 0.25) is 0 Å². The van der Waals surface area contributed by atoms with Gasteiger partial charge in [0.2, 0.25) is 0 Å². The van der Waals surface area contributed by atoms with E-state index in [-0.39, 0.29) is 18.5 Å². The van der Waals surface area contributed by atoms with E-state index < -0.39 is 11.9 Å². The van der Waals surface area contributed by atoms with Crippen LogP contribution in [-0.4, -0.2) is 42.2 Å².